The van der Waals surface area contributed by atoms with Gasteiger partial charge in [0.25, 0.3) is 5.91 Å². The van der Waals surface area contributed by atoms with Gasteiger partial charge in [-0.1, -0.05) is 41.9 Å². The van der Waals surface area contributed by atoms with E-state index >= 15 is 0 Å². The molecule has 0 bridgehead atoms. The summed E-state index contributed by atoms with van der Waals surface area (Å²) in [5.74, 6) is 0.0883. The normalized spacial score (nSPS) is 10.0. The first-order chi connectivity index (χ1) is 15.5. The SMILES string of the molecule is CN(C(=O)OCc1ccccc1)c1ccc(OCC(=O)Nc2ccc(Cl)cn2)c(C#N)c1. The molecule has 162 valence electrons. The Labute approximate surface area is 190 Å². The minimum Gasteiger partial charge on any atom is -0.482 e. The second-order valence-corrected chi connectivity index (χ2v) is 7.03. The summed E-state index contributed by atoms with van der Waals surface area (Å²) in [6.07, 6.45) is 0.840. The van der Waals surface area contributed by atoms with Crippen LogP contribution in [0.2, 0.25) is 5.02 Å². The van der Waals surface area contributed by atoms with Gasteiger partial charge in [0.2, 0.25) is 0 Å². The first-order valence-electron chi connectivity index (χ1n) is 9.49. The number of aromatic nitrogens is 1. The van der Waals surface area contributed by atoms with Crippen molar-refractivity contribution < 1.29 is 19.1 Å². The van der Waals surface area contributed by atoms with Crippen LogP contribution >= 0.6 is 11.6 Å². The van der Waals surface area contributed by atoms with Gasteiger partial charge >= 0.3 is 6.09 Å². The molecule has 32 heavy (non-hydrogen) atoms. The number of carbonyl (C=O) groups excluding carboxylic acids is 2. The number of pyridine rings is 1. The highest BCUT2D eigenvalue weighted by molar-refractivity contribution is 6.30. The number of benzene rings is 2. The zero-order chi connectivity index (χ0) is 22.9. The van der Waals surface area contributed by atoms with Crippen molar-refractivity contribution in [2.45, 2.75) is 6.61 Å². The fourth-order valence-electron chi connectivity index (χ4n) is 2.63. The van der Waals surface area contributed by atoms with E-state index in [4.69, 9.17) is 21.1 Å². The van der Waals surface area contributed by atoms with Crippen molar-refractivity contribution in [1.82, 2.24) is 4.98 Å². The Morgan fingerprint density at radius 2 is 1.94 bits per heavy atom. The molecule has 2 amide bonds. The lowest BCUT2D eigenvalue weighted by molar-refractivity contribution is -0.118. The van der Waals surface area contributed by atoms with Crippen LogP contribution in [0.25, 0.3) is 0 Å². The zero-order valence-corrected chi connectivity index (χ0v) is 17.9. The number of amides is 2. The zero-order valence-electron chi connectivity index (χ0n) is 17.1. The molecule has 1 heterocycles. The lowest BCUT2D eigenvalue weighted by Gasteiger charge is -2.18. The third-order valence-electron chi connectivity index (χ3n) is 4.30. The Kier molecular flexibility index (Phi) is 7.62. The van der Waals surface area contributed by atoms with Crippen molar-refractivity contribution >= 4 is 35.1 Å². The number of ether oxygens (including phenoxy) is 2. The summed E-state index contributed by atoms with van der Waals surface area (Å²) >= 11 is 5.76. The summed E-state index contributed by atoms with van der Waals surface area (Å²) < 4.78 is 10.8. The maximum absolute atomic E-state index is 12.3. The lowest BCUT2D eigenvalue weighted by Crippen LogP contribution is -2.27. The minimum absolute atomic E-state index is 0.133. The van der Waals surface area contributed by atoms with Crippen LogP contribution in [0.15, 0.2) is 66.9 Å². The molecule has 0 spiro atoms. The maximum atomic E-state index is 12.3. The molecule has 0 saturated heterocycles. The number of nitrogens with zero attached hydrogens (tertiary/aromatic N) is 3. The Morgan fingerprint density at radius 1 is 1.16 bits per heavy atom. The summed E-state index contributed by atoms with van der Waals surface area (Å²) in [5, 5.41) is 12.5. The quantitative estimate of drug-likeness (QED) is 0.572. The van der Waals surface area contributed by atoms with Crippen molar-refractivity contribution in [1.29, 1.82) is 5.26 Å². The standard InChI is InChI=1S/C23H19ClN4O4/c1-28(23(30)32-14-16-5-3-2-4-6-16)19-8-9-20(17(11-19)12-25)31-15-22(29)27-21-10-7-18(24)13-26-21/h2-11,13H,14-15H2,1H3,(H,26,27,29). The lowest BCUT2D eigenvalue weighted by atomic mass is 10.2. The average molecular weight is 451 g/mol. The third-order valence-corrected chi connectivity index (χ3v) is 4.53. The predicted octanol–water partition coefficient (Wildman–Crippen LogP) is 4.40. The van der Waals surface area contributed by atoms with Gasteiger partial charge in [-0.2, -0.15) is 5.26 Å². The second-order valence-electron chi connectivity index (χ2n) is 6.59. The van der Waals surface area contributed by atoms with Crippen molar-refractivity contribution in [3.8, 4) is 11.8 Å². The van der Waals surface area contributed by atoms with Crippen LogP contribution in [-0.2, 0) is 16.1 Å². The van der Waals surface area contributed by atoms with Crippen LogP contribution in [0.3, 0.4) is 0 Å². The van der Waals surface area contributed by atoms with Gasteiger partial charge in [0.15, 0.2) is 6.61 Å². The van der Waals surface area contributed by atoms with Gasteiger partial charge < -0.3 is 14.8 Å². The highest BCUT2D eigenvalue weighted by Gasteiger charge is 2.16. The van der Waals surface area contributed by atoms with E-state index in [1.54, 1.807) is 18.2 Å². The number of hydrogen-bond donors (Lipinski definition) is 1. The molecule has 0 unspecified atom stereocenters. The highest BCUT2D eigenvalue weighted by atomic mass is 35.5. The van der Waals surface area contributed by atoms with Gasteiger partial charge in [0, 0.05) is 18.9 Å². The summed E-state index contributed by atoms with van der Waals surface area (Å²) in [7, 11) is 1.54. The Morgan fingerprint density at radius 3 is 2.62 bits per heavy atom. The number of hydrogen-bond acceptors (Lipinski definition) is 6. The molecule has 0 fully saturated rings. The fraction of sp³-hybridized carbons (Fsp3) is 0.130. The molecular formula is C23H19ClN4O4. The molecule has 0 aliphatic heterocycles. The van der Waals surface area contributed by atoms with Gasteiger partial charge in [-0.3, -0.25) is 9.69 Å². The number of carbonyl (C=O) groups is 2. The van der Waals surface area contributed by atoms with E-state index in [1.165, 1.54) is 30.3 Å². The smallest absolute Gasteiger partial charge is 0.414 e. The molecule has 0 saturated carbocycles. The van der Waals surface area contributed by atoms with Crippen LogP contribution in [0, 0.1) is 11.3 Å². The third kappa shape index (κ3) is 6.20. The molecule has 9 heteroatoms. The topological polar surface area (TPSA) is 105 Å². The van der Waals surface area contributed by atoms with E-state index in [1.807, 2.05) is 36.4 Å². The van der Waals surface area contributed by atoms with Gasteiger partial charge in [0.05, 0.1) is 10.6 Å². The van der Waals surface area contributed by atoms with Crippen molar-refractivity contribution in [2.75, 3.05) is 23.9 Å². The first kappa shape index (κ1) is 22.6. The van der Waals surface area contributed by atoms with E-state index in [0.717, 1.165) is 5.56 Å². The molecule has 1 N–H and O–H groups in total. The van der Waals surface area contributed by atoms with E-state index in [-0.39, 0.29) is 24.5 Å². The van der Waals surface area contributed by atoms with Crippen molar-refractivity contribution in [2.24, 2.45) is 0 Å². The number of nitriles is 1. The van der Waals surface area contributed by atoms with E-state index in [2.05, 4.69) is 10.3 Å². The number of halogens is 1. The molecule has 8 nitrogen and oxygen atoms in total. The molecular weight excluding hydrogens is 432 g/mol. The molecule has 0 aliphatic carbocycles. The first-order valence-corrected chi connectivity index (χ1v) is 9.87. The molecule has 0 aliphatic rings. The summed E-state index contributed by atoms with van der Waals surface area (Å²) in [4.78, 5) is 29.6. The Balaban J connectivity index is 1.58. The van der Waals surface area contributed by atoms with E-state index in [0.29, 0.717) is 16.5 Å². The molecule has 3 rings (SSSR count). The van der Waals surface area contributed by atoms with Gasteiger partial charge in [-0.15, -0.1) is 0 Å². The van der Waals surface area contributed by atoms with Crippen LogP contribution in [-0.4, -0.2) is 30.6 Å². The Bertz CT molecular complexity index is 1130. The van der Waals surface area contributed by atoms with Crippen LogP contribution in [0.4, 0.5) is 16.3 Å². The monoisotopic (exact) mass is 450 g/mol. The molecule has 2 aromatic carbocycles. The molecule has 1 aromatic heterocycles. The van der Waals surface area contributed by atoms with Crippen molar-refractivity contribution in [3.63, 3.8) is 0 Å². The average Bonchev–Trinajstić information content (AvgIpc) is 2.82. The van der Waals surface area contributed by atoms with Crippen LogP contribution in [0.1, 0.15) is 11.1 Å². The highest BCUT2D eigenvalue weighted by Crippen LogP contribution is 2.25. The number of anilines is 2. The van der Waals surface area contributed by atoms with E-state index < -0.39 is 12.0 Å². The van der Waals surface area contributed by atoms with Crippen LogP contribution in [0.5, 0.6) is 5.75 Å². The summed E-state index contributed by atoms with van der Waals surface area (Å²) in [6.45, 7) is -0.193. The summed E-state index contributed by atoms with van der Waals surface area (Å²) in [5.41, 5.74) is 1.48. The second kappa shape index (κ2) is 10.8. The number of nitrogens with one attached hydrogen (secondary N) is 1. The largest absolute Gasteiger partial charge is 0.482 e. The molecule has 3 aromatic rings. The van der Waals surface area contributed by atoms with Crippen molar-refractivity contribution in [3.05, 3.63) is 83.0 Å². The molecule has 0 radical (unpaired) electrons. The maximum Gasteiger partial charge on any atom is 0.414 e. The predicted molar refractivity (Wildman–Crippen MR) is 120 cm³/mol. The van der Waals surface area contributed by atoms with Gasteiger partial charge in [-0.05, 0) is 35.9 Å². The fourth-order valence-corrected chi connectivity index (χ4v) is 2.75. The number of rotatable bonds is 7. The Hall–Kier alpha value is -4.09. The van der Waals surface area contributed by atoms with Gasteiger partial charge in [-0.25, -0.2) is 9.78 Å². The van der Waals surface area contributed by atoms with E-state index in [9.17, 15) is 14.9 Å². The summed E-state index contributed by atoms with van der Waals surface area (Å²) in [6, 6.07) is 19.1. The van der Waals surface area contributed by atoms with Gasteiger partial charge in [0.1, 0.15) is 24.2 Å². The van der Waals surface area contributed by atoms with Crippen LogP contribution < -0.4 is 15.0 Å². The minimum atomic E-state index is -0.568. The molecule has 0 atom stereocenters.